The maximum atomic E-state index is 15.1. The summed E-state index contributed by atoms with van der Waals surface area (Å²) >= 11 is 12.1. The van der Waals surface area contributed by atoms with Gasteiger partial charge in [0.25, 0.3) is 5.89 Å². The first-order valence-electron chi connectivity index (χ1n) is 8.83. The number of imidazole rings is 1. The molecule has 2 heterocycles. The van der Waals surface area contributed by atoms with Gasteiger partial charge in [0.1, 0.15) is 11.4 Å². The van der Waals surface area contributed by atoms with Gasteiger partial charge in [-0.1, -0.05) is 29.3 Å². The number of anilines is 1. The number of nitrogen functional groups attached to an aromatic ring is 1. The minimum absolute atomic E-state index is 0.0565. The molecule has 0 saturated heterocycles. The van der Waals surface area contributed by atoms with Gasteiger partial charge in [0.05, 0.1) is 23.5 Å². The van der Waals surface area contributed by atoms with Crippen LogP contribution in [0, 0.1) is 12.7 Å². The van der Waals surface area contributed by atoms with E-state index in [4.69, 9.17) is 38.1 Å². The molecule has 0 aliphatic rings. The lowest BCUT2D eigenvalue weighted by atomic mass is 10.1. The van der Waals surface area contributed by atoms with Crippen LogP contribution in [0.1, 0.15) is 17.1 Å². The lowest BCUT2D eigenvalue weighted by Crippen LogP contribution is -1.98. The van der Waals surface area contributed by atoms with Crippen LogP contribution in [0.4, 0.5) is 10.1 Å². The van der Waals surface area contributed by atoms with E-state index in [0.717, 1.165) is 5.69 Å². The van der Waals surface area contributed by atoms with Crippen molar-refractivity contribution >= 4 is 28.9 Å². The number of aryl methyl sites for hydroxylation is 2. The topological polar surface area (TPSA) is 92.0 Å². The molecule has 30 heavy (non-hydrogen) atoms. The van der Waals surface area contributed by atoms with Crippen LogP contribution in [0.3, 0.4) is 0 Å². The van der Waals surface area contributed by atoms with Crippen molar-refractivity contribution in [1.82, 2.24) is 19.7 Å². The van der Waals surface area contributed by atoms with Gasteiger partial charge in [-0.15, -0.1) is 10.2 Å². The number of nitrogens with zero attached hydrogens (tertiary/aromatic N) is 4. The summed E-state index contributed by atoms with van der Waals surface area (Å²) in [5, 5.41) is 8.53. The fraction of sp³-hybridized carbons (Fsp3) is 0.150. The first-order chi connectivity index (χ1) is 14.3. The van der Waals surface area contributed by atoms with Crippen LogP contribution in [0.25, 0.3) is 11.6 Å². The molecule has 0 fully saturated rings. The molecule has 4 rings (SSSR count). The van der Waals surface area contributed by atoms with Crippen LogP contribution in [0.15, 0.2) is 41.1 Å². The summed E-state index contributed by atoms with van der Waals surface area (Å²) in [5.41, 5.74) is 7.88. The van der Waals surface area contributed by atoms with E-state index in [2.05, 4.69) is 15.2 Å². The van der Waals surface area contributed by atoms with Crippen molar-refractivity contribution in [3.8, 4) is 23.1 Å². The number of benzene rings is 2. The van der Waals surface area contributed by atoms with E-state index in [9.17, 15) is 0 Å². The monoisotopic (exact) mass is 447 g/mol. The zero-order valence-corrected chi connectivity index (χ0v) is 17.5. The van der Waals surface area contributed by atoms with Crippen LogP contribution >= 0.6 is 23.2 Å². The van der Waals surface area contributed by atoms with E-state index >= 15 is 4.39 Å². The zero-order valence-electron chi connectivity index (χ0n) is 16.0. The summed E-state index contributed by atoms with van der Waals surface area (Å²) in [7, 11) is 1.82. The Balaban J connectivity index is 1.62. The van der Waals surface area contributed by atoms with E-state index in [1.165, 1.54) is 24.3 Å². The Labute approximate surface area is 181 Å². The van der Waals surface area contributed by atoms with Crippen LogP contribution in [0.5, 0.6) is 11.5 Å². The maximum Gasteiger partial charge on any atom is 0.266 e. The second kappa shape index (κ2) is 7.97. The molecule has 0 spiro atoms. The molecule has 7 nitrogen and oxygen atoms in total. The highest BCUT2D eigenvalue weighted by molar-refractivity contribution is 6.32. The maximum absolute atomic E-state index is 15.1. The number of aromatic nitrogens is 4. The highest BCUT2D eigenvalue weighted by atomic mass is 35.5. The minimum atomic E-state index is -0.641. The lowest BCUT2D eigenvalue weighted by molar-refractivity contribution is 0.437. The van der Waals surface area contributed by atoms with Gasteiger partial charge in [0.2, 0.25) is 5.89 Å². The molecule has 2 N–H and O–H groups in total. The predicted molar refractivity (Wildman–Crippen MR) is 111 cm³/mol. The zero-order chi connectivity index (χ0) is 21.4. The average Bonchev–Trinajstić information content (AvgIpc) is 3.26. The van der Waals surface area contributed by atoms with Crippen molar-refractivity contribution in [2.75, 3.05) is 5.73 Å². The summed E-state index contributed by atoms with van der Waals surface area (Å²) in [6.45, 7) is 1.84. The molecule has 4 aromatic rings. The molecular formula is C20H16Cl2FN5O2. The van der Waals surface area contributed by atoms with Crippen LogP contribution in [-0.4, -0.2) is 19.7 Å². The summed E-state index contributed by atoms with van der Waals surface area (Å²) in [4.78, 5) is 4.20. The summed E-state index contributed by atoms with van der Waals surface area (Å²) in [6.07, 6.45) is 1.71. The molecule has 0 saturated carbocycles. The Morgan fingerprint density at radius 2 is 2.00 bits per heavy atom. The smallest absolute Gasteiger partial charge is 0.266 e. The molecule has 0 bridgehead atoms. The third-order valence-corrected chi connectivity index (χ3v) is 4.89. The highest BCUT2D eigenvalue weighted by Gasteiger charge is 2.20. The van der Waals surface area contributed by atoms with Crippen molar-refractivity contribution in [2.24, 2.45) is 7.05 Å². The standard InChI is InChI=1S/C20H16Cl2FN5O2/c1-10-18(28(2)9-25-10)20-27-26-16(30-20)5-11-3-4-15(22)19(17(11)23)29-14-7-12(21)6-13(24)8-14/h3-4,6-9H,5,24H2,1-2H3. The fourth-order valence-corrected chi connectivity index (χ4v) is 3.42. The molecule has 0 atom stereocenters. The number of nitrogens with two attached hydrogens (primary N) is 1. The van der Waals surface area contributed by atoms with Gasteiger partial charge in [-0.25, -0.2) is 9.37 Å². The third-order valence-electron chi connectivity index (χ3n) is 4.37. The van der Waals surface area contributed by atoms with E-state index in [0.29, 0.717) is 22.3 Å². The number of halogens is 3. The predicted octanol–water partition coefficient (Wildman–Crippen LogP) is 5.19. The van der Waals surface area contributed by atoms with E-state index in [1.807, 2.05) is 14.0 Å². The summed E-state index contributed by atoms with van der Waals surface area (Å²) in [5.74, 6) is 0.0350. The first kappa shape index (κ1) is 20.2. The minimum Gasteiger partial charge on any atom is -0.453 e. The second-order valence-corrected chi connectivity index (χ2v) is 7.48. The third kappa shape index (κ3) is 3.96. The summed E-state index contributed by atoms with van der Waals surface area (Å²) < 4.78 is 28.2. The van der Waals surface area contributed by atoms with E-state index in [1.54, 1.807) is 17.0 Å². The Morgan fingerprint density at radius 3 is 2.70 bits per heavy atom. The van der Waals surface area contributed by atoms with Gasteiger partial charge in [-0.05, 0) is 25.1 Å². The molecular weight excluding hydrogens is 432 g/mol. The van der Waals surface area contributed by atoms with Gasteiger partial charge < -0.3 is 19.5 Å². The SMILES string of the molecule is Cc1ncn(C)c1-c1nnc(Cc2ccc(Cl)c(Oc3cc(N)cc(Cl)c3)c2F)o1. The Hall–Kier alpha value is -3.10. The van der Waals surface area contributed by atoms with Crippen molar-refractivity contribution in [3.05, 3.63) is 69.7 Å². The summed E-state index contributed by atoms with van der Waals surface area (Å²) in [6, 6.07) is 7.66. The molecule has 0 aliphatic heterocycles. The second-order valence-electron chi connectivity index (χ2n) is 6.64. The average molecular weight is 448 g/mol. The number of hydrogen-bond donors (Lipinski definition) is 1. The molecule has 0 unspecified atom stereocenters. The van der Waals surface area contributed by atoms with Gasteiger partial charge >= 0.3 is 0 Å². The van der Waals surface area contributed by atoms with Crippen LogP contribution < -0.4 is 10.5 Å². The number of ether oxygens (including phenoxy) is 1. The molecule has 2 aromatic heterocycles. The number of hydrogen-bond acceptors (Lipinski definition) is 6. The molecule has 154 valence electrons. The van der Waals surface area contributed by atoms with Crippen LogP contribution in [-0.2, 0) is 13.5 Å². The molecule has 10 heteroatoms. The van der Waals surface area contributed by atoms with Crippen molar-refractivity contribution in [1.29, 1.82) is 0 Å². The van der Waals surface area contributed by atoms with Crippen molar-refractivity contribution in [2.45, 2.75) is 13.3 Å². The normalized spacial score (nSPS) is 11.1. The van der Waals surface area contributed by atoms with Crippen molar-refractivity contribution < 1.29 is 13.5 Å². The van der Waals surface area contributed by atoms with Gasteiger partial charge in [0.15, 0.2) is 11.6 Å². The molecule has 0 radical (unpaired) electrons. The molecule has 0 amide bonds. The van der Waals surface area contributed by atoms with Crippen molar-refractivity contribution in [3.63, 3.8) is 0 Å². The van der Waals surface area contributed by atoms with E-state index in [-0.39, 0.29) is 34.4 Å². The Kier molecular flexibility index (Phi) is 5.36. The number of rotatable bonds is 5. The molecule has 0 aliphatic carbocycles. The quantitative estimate of drug-likeness (QED) is 0.423. The van der Waals surface area contributed by atoms with E-state index < -0.39 is 5.82 Å². The lowest BCUT2D eigenvalue weighted by Gasteiger charge is -2.12. The fourth-order valence-electron chi connectivity index (χ4n) is 3.00. The largest absolute Gasteiger partial charge is 0.453 e. The van der Waals surface area contributed by atoms with Gasteiger partial charge in [-0.3, -0.25) is 0 Å². The Bertz CT molecular complexity index is 1200. The van der Waals surface area contributed by atoms with Gasteiger partial charge in [-0.2, -0.15) is 0 Å². The first-order valence-corrected chi connectivity index (χ1v) is 9.59. The van der Waals surface area contributed by atoms with Crippen LogP contribution in [0.2, 0.25) is 10.0 Å². The Morgan fingerprint density at radius 1 is 1.20 bits per heavy atom. The molecule has 2 aromatic carbocycles. The highest BCUT2D eigenvalue weighted by Crippen LogP contribution is 2.36. The van der Waals surface area contributed by atoms with Gasteiger partial charge in [0, 0.05) is 29.4 Å².